The summed E-state index contributed by atoms with van der Waals surface area (Å²) in [4.78, 5) is 11.4. The maximum absolute atomic E-state index is 11.2. The highest BCUT2D eigenvalue weighted by Crippen LogP contribution is 2.32. The summed E-state index contributed by atoms with van der Waals surface area (Å²) in [6, 6.07) is 0. The van der Waals surface area contributed by atoms with Gasteiger partial charge < -0.3 is 9.84 Å². The van der Waals surface area contributed by atoms with Crippen molar-refractivity contribution in [1.82, 2.24) is 0 Å². The molecule has 6 heteroatoms. The summed E-state index contributed by atoms with van der Waals surface area (Å²) >= 11 is 0. The van der Waals surface area contributed by atoms with Crippen LogP contribution in [0.4, 0.5) is 0 Å². The van der Waals surface area contributed by atoms with Crippen molar-refractivity contribution in [3.8, 4) is 0 Å². The topological polar surface area (TPSA) is 80.7 Å². The smallest absolute Gasteiger partial charge is 0.332 e. The molecule has 0 bridgehead atoms. The van der Waals surface area contributed by atoms with Crippen molar-refractivity contribution in [2.24, 2.45) is 11.8 Å². The molecule has 0 radical (unpaired) electrons. The van der Waals surface area contributed by atoms with Crippen LogP contribution in [-0.4, -0.2) is 37.6 Å². The highest BCUT2D eigenvalue weighted by atomic mass is 32.2. The number of carbonyl (C=O) groups is 1. The van der Waals surface area contributed by atoms with Gasteiger partial charge in [0.15, 0.2) is 0 Å². The molecule has 0 saturated carbocycles. The van der Waals surface area contributed by atoms with Crippen molar-refractivity contribution in [2.45, 2.75) is 12.8 Å². The summed E-state index contributed by atoms with van der Waals surface area (Å²) in [5.41, 5.74) is 0.156. The van der Waals surface area contributed by atoms with E-state index in [1.165, 1.54) is 18.2 Å². The summed E-state index contributed by atoms with van der Waals surface area (Å²) in [7, 11) is -2.39. The number of allylic oxidation sites excluding steroid dienone is 3. The quantitative estimate of drug-likeness (QED) is 0.746. The number of ether oxygens (including phenoxy) is 1. The Morgan fingerprint density at radius 2 is 2.00 bits per heavy atom. The molecule has 0 aromatic carbocycles. The molecule has 1 atom stereocenters. The molecular weight excluding hydrogens is 256 g/mol. The van der Waals surface area contributed by atoms with Crippen molar-refractivity contribution >= 4 is 21.1 Å². The summed E-state index contributed by atoms with van der Waals surface area (Å²) in [5, 5.41) is 9.19. The second-order valence-corrected chi connectivity index (χ2v) is 5.29. The average molecular weight is 270 g/mol. The molecule has 2 aliphatic rings. The minimum atomic E-state index is -2.39. The minimum absolute atomic E-state index is 0.0129. The van der Waals surface area contributed by atoms with Gasteiger partial charge in [-0.15, -0.1) is 0 Å². The first-order valence-electron chi connectivity index (χ1n) is 5.76. The van der Waals surface area contributed by atoms with Gasteiger partial charge in [-0.05, 0) is 24.8 Å². The third-order valence-corrected chi connectivity index (χ3v) is 4.13. The summed E-state index contributed by atoms with van der Waals surface area (Å²) in [6.07, 6.45) is 5.81. The van der Waals surface area contributed by atoms with Gasteiger partial charge in [-0.2, -0.15) is 8.42 Å². The van der Waals surface area contributed by atoms with Crippen LogP contribution in [0.25, 0.3) is 0 Å². The molecule has 1 unspecified atom stereocenters. The second kappa shape index (κ2) is 5.49. The molecule has 1 fully saturated rings. The van der Waals surface area contributed by atoms with Crippen molar-refractivity contribution < 1.29 is 23.1 Å². The lowest BCUT2D eigenvalue weighted by Crippen LogP contribution is -2.33. The molecule has 2 rings (SSSR count). The van der Waals surface area contributed by atoms with Crippen LogP contribution < -0.4 is 0 Å². The van der Waals surface area contributed by atoms with Crippen LogP contribution in [0.5, 0.6) is 0 Å². The van der Waals surface area contributed by atoms with Crippen molar-refractivity contribution in [3.05, 3.63) is 23.8 Å². The number of carboxylic acid groups (broad SMARTS) is 1. The highest BCUT2D eigenvalue weighted by molar-refractivity contribution is 7.73. The third kappa shape index (κ3) is 2.54. The molecule has 1 saturated heterocycles. The van der Waals surface area contributed by atoms with Crippen LogP contribution in [0.2, 0.25) is 0 Å². The van der Waals surface area contributed by atoms with Crippen molar-refractivity contribution in [2.75, 3.05) is 13.2 Å². The van der Waals surface area contributed by atoms with Crippen molar-refractivity contribution in [1.29, 1.82) is 0 Å². The lowest BCUT2D eigenvalue weighted by molar-refractivity contribution is -0.133. The van der Waals surface area contributed by atoms with Crippen molar-refractivity contribution in [3.63, 3.8) is 0 Å². The Balaban J connectivity index is 2.42. The zero-order valence-corrected chi connectivity index (χ0v) is 10.5. The average Bonchev–Trinajstić information content (AvgIpc) is 2.38. The Morgan fingerprint density at radius 1 is 1.33 bits per heavy atom. The van der Waals surface area contributed by atoms with Gasteiger partial charge in [0.25, 0.3) is 0 Å². The molecule has 1 heterocycles. The molecule has 98 valence electrons. The fourth-order valence-electron chi connectivity index (χ4n) is 2.51. The standard InChI is InChI=1S/C12H14O5S/c13-12(14)9-2-1-3-10(18(15)16)11(9)8-4-6-17-7-5-8/h1-3,8,11H,4-7H2,(H,13,14). The van der Waals surface area contributed by atoms with E-state index in [1.807, 2.05) is 0 Å². The Kier molecular flexibility index (Phi) is 3.98. The van der Waals surface area contributed by atoms with Crippen LogP contribution in [0.3, 0.4) is 0 Å². The SMILES string of the molecule is O=C(O)C1=CC=CC(=S(=O)=O)C1C1CCOCC1. The predicted molar refractivity (Wildman–Crippen MR) is 65.8 cm³/mol. The largest absolute Gasteiger partial charge is 0.478 e. The maximum atomic E-state index is 11.2. The molecular formula is C12H14O5S. The molecule has 5 nitrogen and oxygen atoms in total. The number of hydrogen-bond donors (Lipinski definition) is 1. The number of rotatable bonds is 2. The lowest BCUT2D eigenvalue weighted by atomic mass is 9.77. The van der Waals surface area contributed by atoms with E-state index in [0.29, 0.717) is 26.1 Å². The first-order chi connectivity index (χ1) is 8.61. The van der Waals surface area contributed by atoms with E-state index in [-0.39, 0.29) is 16.4 Å². The highest BCUT2D eigenvalue weighted by Gasteiger charge is 2.35. The Bertz CT molecular complexity index is 527. The van der Waals surface area contributed by atoms with E-state index in [4.69, 9.17) is 4.74 Å². The molecule has 0 aromatic heterocycles. The Labute approximate surface area is 106 Å². The molecule has 1 aliphatic heterocycles. The summed E-state index contributed by atoms with van der Waals surface area (Å²) < 4.78 is 27.7. The van der Waals surface area contributed by atoms with Gasteiger partial charge in [-0.3, -0.25) is 0 Å². The van der Waals surface area contributed by atoms with Crippen LogP contribution in [0.1, 0.15) is 12.8 Å². The van der Waals surface area contributed by atoms with Gasteiger partial charge in [0.2, 0.25) is 10.3 Å². The van der Waals surface area contributed by atoms with Gasteiger partial charge in [0, 0.05) is 24.7 Å². The van der Waals surface area contributed by atoms with Crippen LogP contribution in [0.15, 0.2) is 23.8 Å². The Morgan fingerprint density at radius 3 is 2.56 bits per heavy atom. The second-order valence-electron chi connectivity index (χ2n) is 4.35. The zero-order valence-electron chi connectivity index (χ0n) is 9.70. The maximum Gasteiger partial charge on any atom is 0.332 e. The predicted octanol–water partition coefficient (Wildman–Crippen LogP) is 0.662. The molecule has 1 N–H and O–H groups in total. The van der Waals surface area contributed by atoms with Crippen LogP contribution >= 0.6 is 0 Å². The molecule has 18 heavy (non-hydrogen) atoms. The van der Waals surface area contributed by atoms with Gasteiger partial charge in [-0.1, -0.05) is 12.2 Å². The lowest BCUT2D eigenvalue weighted by Gasteiger charge is -2.31. The number of hydrogen-bond acceptors (Lipinski definition) is 4. The zero-order chi connectivity index (χ0) is 13.1. The van der Waals surface area contributed by atoms with E-state index >= 15 is 0 Å². The molecule has 0 spiro atoms. The van der Waals surface area contributed by atoms with E-state index < -0.39 is 22.2 Å². The summed E-state index contributed by atoms with van der Waals surface area (Å²) in [5.74, 6) is -1.59. The minimum Gasteiger partial charge on any atom is -0.478 e. The monoisotopic (exact) mass is 270 g/mol. The molecule has 1 aliphatic carbocycles. The third-order valence-electron chi connectivity index (χ3n) is 3.35. The summed E-state index contributed by atoms with van der Waals surface area (Å²) in [6.45, 7) is 1.10. The van der Waals surface area contributed by atoms with E-state index in [1.54, 1.807) is 0 Å². The van der Waals surface area contributed by atoms with Gasteiger partial charge >= 0.3 is 5.97 Å². The van der Waals surface area contributed by atoms with Crippen LogP contribution in [-0.2, 0) is 19.8 Å². The molecule has 0 amide bonds. The van der Waals surface area contributed by atoms with Gasteiger partial charge in [0.05, 0.1) is 4.86 Å². The first-order valence-corrected chi connectivity index (χ1v) is 6.84. The van der Waals surface area contributed by atoms with E-state index in [9.17, 15) is 18.3 Å². The van der Waals surface area contributed by atoms with Gasteiger partial charge in [-0.25, -0.2) is 4.79 Å². The first kappa shape index (κ1) is 13.0. The number of aliphatic carboxylic acids is 1. The fraction of sp³-hybridized carbons (Fsp3) is 0.500. The number of carboxylic acids is 1. The van der Waals surface area contributed by atoms with Crippen LogP contribution in [0, 0.1) is 11.8 Å². The van der Waals surface area contributed by atoms with Gasteiger partial charge in [0.1, 0.15) is 0 Å². The van der Waals surface area contributed by atoms with E-state index in [2.05, 4.69) is 0 Å². The molecule has 0 aromatic rings. The van der Waals surface area contributed by atoms with E-state index in [0.717, 1.165) is 0 Å². The fourth-order valence-corrected chi connectivity index (χ4v) is 3.22. The Hall–Kier alpha value is -1.40. The normalized spacial score (nSPS) is 24.8.